The quantitative estimate of drug-likeness (QED) is 0.522. The van der Waals surface area contributed by atoms with Gasteiger partial charge in [-0.1, -0.05) is 37.3 Å². The SMILES string of the molecule is CCc1c(N)c2c3c(cnn2c1Cc1ccccc1)C(=O)C(=O)C(C(=O)O)O3. The van der Waals surface area contributed by atoms with E-state index < -0.39 is 23.6 Å². The standard InChI is InChI=1S/C20H17N3O5/c1-2-11-13(8-10-6-4-3-5-7-10)23-15(14(11)21)18-12(9-22-23)16(24)17(25)19(28-18)20(26)27/h3-7,9,19H,2,8,21H2,1H3,(H,26,27). The molecule has 1 aliphatic heterocycles. The second-order valence-electron chi connectivity index (χ2n) is 6.53. The third-order valence-electron chi connectivity index (χ3n) is 4.89. The maximum Gasteiger partial charge on any atom is 0.353 e. The Bertz CT molecular complexity index is 1130. The predicted molar refractivity (Wildman–Crippen MR) is 99.6 cm³/mol. The molecule has 3 N–H and O–H groups in total. The van der Waals surface area contributed by atoms with Gasteiger partial charge < -0.3 is 15.6 Å². The van der Waals surface area contributed by atoms with Crippen molar-refractivity contribution in [3.8, 4) is 5.75 Å². The number of aliphatic carboxylic acids is 1. The van der Waals surface area contributed by atoms with E-state index >= 15 is 0 Å². The summed E-state index contributed by atoms with van der Waals surface area (Å²) in [6.07, 6.45) is 0.502. The van der Waals surface area contributed by atoms with Crippen molar-refractivity contribution in [1.29, 1.82) is 0 Å². The molecule has 142 valence electrons. The molecule has 0 spiro atoms. The number of benzene rings is 1. The van der Waals surface area contributed by atoms with E-state index in [-0.39, 0.29) is 11.3 Å². The molecule has 1 aromatic carbocycles. The lowest BCUT2D eigenvalue weighted by Gasteiger charge is -2.21. The largest absolute Gasteiger partial charge is 0.478 e. The van der Waals surface area contributed by atoms with Crippen molar-refractivity contribution in [3.05, 3.63) is 58.9 Å². The van der Waals surface area contributed by atoms with E-state index in [1.807, 2.05) is 37.3 Å². The Morgan fingerprint density at radius 3 is 2.64 bits per heavy atom. The number of anilines is 1. The Hall–Kier alpha value is -3.68. The second kappa shape index (κ2) is 6.49. The Balaban J connectivity index is 1.95. The third-order valence-corrected chi connectivity index (χ3v) is 4.89. The van der Waals surface area contributed by atoms with E-state index in [4.69, 9.17) is 10.5 Å². The normalized spacial score (nSPS) is 16.1. The van der Waals surface area contributed by atoms with Crippen LogP contribution < -0.4 is 10.5 Å². The predicted octanol–water partition coefficient (Wildman–Crippen LogP) is 1.67. The second-order valence-corrected chi connectivity index (χ2v) is 6.53. The number of hydrogen-bond donors (Lipinski definition) is 2. The Morgan fingerprint density at radius 1 is 1.29 bits per heavy atom. The van der Waals surface area contributed by atoms with Crippen molar-refractivity contribution in [1.82, 2.24) is 9.61 Å². The molecule has 0 amide bonds. The van der Waals surface area contributed by atoms with Gasteiger partial charge in [-0.25, -0.2) is 9.31 Å². The first-order valence-electron chi connectivity index (χ1n) is 8.76. The van der Waals surface area contributed by atoms with Gasteiger partial charge in [0.2, 0.25) is 5.78 Å². The van der Waals surface area contributed by atoms with Gasteiger partial charge >= 0.3 is 5.97 Å². The molecular formula is C20H17N3O5. The molecule has 1 aliphatic rings. The number of Topliss-reactive ketones (excluding diaryl/α,β-unsaturated/α-hetero) is 2. The molecule has 8 heteroatoms. The molecule has 4 rings (SSSR count). The van der Waals surface area contributed by atoms with Crippen molar-refractivity contribution in [3.63, 3.8) is 0 Å². The zero-order valence-corrected chi connectivity index (χ0v) is 15.0. The van der Waals surface area contributed by atoms with E-state index in [1.54, 1.807) is 4.52 Å². The van der Waals surface area contributed by atoms with Gasteiger partial charge in [0, 0.05) is 6.42 Å². The van der Waals surface area contributed by atoms with Crippen LogP contribution in [-0.2, 0) is 22.4 Å². The average molecular weight is 379 g/mol. The number of hydrogen-bond acceptors (Lipinski definition) is 6. The zero-order chi connectivity index (χ0) is 20.0. The van der Waals surface area contributed by atoms with E-state index in [0.717, 1.165) is 16.8 Å². The number of fused-ring (bicyclic) bond motifs is 3. The molecule has 28 heavy (non-hydrogen) atoms. The molecule has 3 aromatic rings. The van der Waals surface area contributed by atoms with Gasteiger partial charge in [0.15, 0.2) is 5.75 Å². The summed E-state index contributed by atoms with van der Waals surface area (Å²) in [6.45, 7) is 1.95. The molecule has 0 fully saturated rings. The highest BCUT2D eigenvalue weighted by Crippen LogP contribution is 2.38. The van der Waals surface area contributed by atoms with Gasteiger partial charge in [-0.15, -0.1) is 0 Å². The number of carbonyl (C=O) groups is 3. The molecule has 2 aromatic heterocycles. The number of carboxylic acid groups (broad SMARTS) is 1. The first-order valence-corrected chi connectivity index (χ1v) is 8.76. The van der Waals surface area contributed by atoms with E-state index in [9.17, 15) is 19.5 Å². The lowest BCUT2D eigenvalue weighted by Crippen LogP contribution is -2.44. The van der Waals surface area contributed by atoms with Crippen LogP contribution >= 0.6 is 0 Å². The monoisotopic (exact) mass is 379 g/mol. The Labute approximate surface area is 159 Å². The minimum Gasteiger partial charge on any atom is -0.478 e. The molecule has 1 unspecified atom stereocenters. The van der Waals surface area contributed by atoms with E-state index in [1.165, 1.54) is 6.20 Å². The minimum atomic E-state index is -1.89. The Morgan fingerprint density at radius 2 is 2.00 bits per heavy atom. The van der Waals surface area contributed by atoms with Gasteiger partial charge in [0.05, 0.1) is 23.1 Å². The molecule has 0 saturated heterocycles. The summed E-state index contributed by atoms with van der Waals surface area (Å²) < 4.78 is 6.99. The van der Waals surface area contributed by atoms with Gasteiger partial charge in [-0.3, -0.25) is 9.59 Å². The van der Waals surface area contributed by atoms with Gasteiger partial charge in [-0.05, 0) is 17.5 Å². The van der Waals surface area contributed by atoms with Crippen LogP contribution in [-0.4, -0.2) is 38.4 Å². The van der Waals surface area contributed by atoms with Gasteiger partial charge in [0.25, 0.3) is 11.9 Å². The number of ether oxygens (including phenoxy) is 1. The summed E-state index contributed by atoms with van der Waals surface area (Å²) in [5.74, 6) is -3.61. The number of nitrogens with two attached hydrogens (primary N) is 1. The molecule has 0 radical (unpaired) electrons. The molecule has 0 bridgehead atoms. The average Bonchev–Trinajstić information content (AvgIpc) is 2.96. The van der Waals surface area contributed by atoms with Crippen LogP contribution in [0.3, 0.4) is 0 Å². The van der Waals surface area contributed by atoms with E-state index in [2.05, 4.69) is 5.10 Å². The maximum absolute atomic E-state index is 12.4. The van der Waals surface area contributed by atoms with Crippen molar-refractivity contribution in [2.45, 2.75) is 25.9 Å². The summed E-state index contributed by atoms with van der Waals surface area (Å²) in [5, 5.41) is 13.6. The smallest absolute Gasteiger partial charge is 0.353 e. The lowest BCUT2D eigenvalue weighted by atomic mass is 10.0. The van der Waals surface area contributed by atoms with Crippen LogP contribution in [0.25, 0.3) is 5.52 Å². The summed E-state index contributed by atoms with van der Waals surface area (Å²) in [6, 6.07) is 9.74. The van der Waals surface area contributed by atoms with Crippen molar-refractivity contribution >= 4 is 28.7 Å². The first-order chi connectivity index (χ1) is 13.4. The fourth-order valence-corrected chi connectivity index (χ4v) is 3.55. The van der Waals surface area contributed by atoms with Crippen LogP contribution in [0.1, 0.15) is 34.1 Å². The van der Waals surface area contributed by atoms with Crippen molar-refractivity contribution < 1.29 is 24.2 Å². The molecule has 0 saturated carbocycles. The molecule has 1 atom stereocenters. The minimum absolute atomic E-state index is 0.0153. The molecular weight excluding hydrogens is 362 g/mol. The summed E-state index contributed by atoms with van der Waals surface area (Å²) in [4.78, 5) is 35.7. The molecule has 3 heterocycles. The zero-order valence-electron chi connectivity index (χ0n) is 15.0. The number of carboxylic acids is 1. The number of aromatic nitrogens is 2. The number of nitrogens with zero attached hydrogens (tertiary/aromatic N) is 2. The molecule has 8 nitrogen and oxygen atoms in total. The lowest BCUT2D eigenvalue weighted by molar-refractivity contribution is -0.149. The van der Waals surface area contributed by atoms with Gasteiger partial charge in [-0.2, -0.15) is 5.10 Å². The van der Waals surface area contributed by atoms with Crippen molar-refractivity contribution in [2.75, 3.05) is 5.73 Å². The van der Waals surface area contributed by atoms with E-state index in [0.29, 0.717) is 24.0 Å². The number of ketones is 2. The van der Waals surface area contributed by atoms with Crippen molar-refractivity contribution in [2.24, 2.45) is 0 Å². The van der Waals surface area contributed by atoms with Crippen LogP contribution in [0.5, 0.6) is 5.75 Å². The molecule has 0 aliphatic carbocycles. The highest BCUT2D eigenvalue weighted by atomic mass is 16.5. The van der Waals surface area contributed by atoms with Crippen LogP contribution in [0.4, 0.5) is 5.69 Å². The van der Waals surface area contributed by atoms with Crippen LogP contribution in [0, 0.1) is 0 Å². The summed E-state index contributed by atoms with van der Waals surface area (Å²) in [5.41, 5.74) is 9.66. The summed E-state index contributed by atoms with van der Waals surface area (Å²) in [7, 11) is 0. The third kappa shape index (κ3) is 2.53. The van der Waals surface area contributed by atoms with Gasteiger partial charge in [0.1, 0.15) is 5.52 Å². The highest BCUT2D eigenvalue weighted by molar-refractivity contribution is 6.49. The highest BCUT2D eigenvalue weighted by Gasteiger charge is 2.42. The Kier molecular flexibility index (Phi) is 4.11. The van der Waals surface area contributed by atoms with Crippen LogP contribution in [0.2, 0.25) is 0 Å². The number of carbonyl (C=O) groups excluding carboxylic acids is 2. The van der Waals surface area contributed by atoms with Crippen LogP contribution in [0.15, 0.2) is 36.5 Å². The first kappa shape index (κ1) is 17.7. The fraction of sp³-hybridized carbons (Fsp3) is 0.200. The fourth-order valence-electron chi connectivity index (χ4n) is 3.55. The topological polar surface area (TPSA) is 124 Å². The number of nitrogen functional groups attached to an aromatic ring is 1. The maximum atomic E-state index is 12.4. The summed E-state index contributed by atoms with van der Waals surface area (Å²) >= 11 is 0. The number of rotatable bonds is 4.